The number of rotatable bonds is 6. The molecule has 2 rings (SSSR count). The largest absolute Gasteiger partial charge is 0.442 e. The van der Waals surface area contributed by atoms with Crippen molar-refractivity contribution in [3.05, 3.63) is 17.8 Å². The van der Waals surface area contributed by atoms with Gasteiger partial charge in [-0.1, -0.05) is 11.3 Å². The maximum absolute atomic E-state index is 12.0. The van der Waals surface area contributed by atoms with Crippen LogP contribution < -0.4 is 10.0 Å². The van der Waals surface area contributed by atoms with E-state index in [1.807, 2.05) is 6.07 Å². The third-order valence-corrected chi connectivity index (χ3v) is 5.10. The summed E-state index contributed by atoms with van der Waals surface area (Å²) in [5.74, 6) is 0.104. The third kappa shape index (κ3) is 4.16. The van der Waals surface area contributed by atoms with E-state index in [2.05, 4.69) is 15.0 Å². The van der Waals surface area contributed by atoms with E-state index in [9.17, 15) is 13.2 Å². The van der Waals surface area contributed by atoms with Crippen molar-refractivity contribution in [2.75, 3.05) is 11.9 Å². The van der Waals surface area contributed by atoms with Gasteiger partial charge in [-0.05, 0) is 19.1 Å². The lowest BCUT2D eigenvalue weighted by Gasteiger charge is -2.00. The minimum Gasteiger partial charge on any atom is -0.442 e. The lowest BCUT2D eigenvalue weighted by molar-refractivity contribution is -0.114. The summed E-state index contributed by atoms with van der Waals surface area (Å²) in [6, 6.07) is 4.71. The van der Waals surface area contributed by atoms with Crippen LogP contribution in [0, 0.1) is 18.3 Å². The van der Waals surface area contributed by atoms with Crippen molar-refractivity contribution >= 4 is 32.4 Å². The molecule has 0 radical (unpaired) electrons. The van der Waals surface area contributed by atoms with Crippen LogP contribution >= 0.6 is 11.3 Å². The van der Waals surface area contributed by atoms with Crippen molar-refractivity contribution < 1.29 is 20.5 Å². The number of carbonyl (C=O) groups excluding carboxylic acids is 1. The van der Waals surface area contributed by atoms with Gasteiger partial charge in [-0.2, -0.15) is 5.26 Å². The summed E-state index contributed by atoms with van der Waals surface area (Å²) in [5.41, 5.74) is 0.620. The zero-order valence-electron chi connectivity index (χ0n) is 12.4. The van der Waals surface area contributed by atoms with Crippen LogP contribution in [0.2, 0.25) is 0 Å². The predicted molar refractivity (Wildman–Crippen MR) is 88.5 cm³/mol. The van der Waals surface area contributed by atoms with Crippen LogP contribution in [0.25, 0.3) is 10.6 Å². The number of hydrogen-bond acceptors (Lipinski definition) is 7. The average Bonchev–Trinajstić information content (AvgIpc) is 3.05. The van der Waals surface area contributed by atoms with Crippen molar-refractivity contribution in [2.45, 2.75) is 25.4 Å². The third-order valence-electron chi connectivity index (χ3n) is 2.68. The van der Waals surface area contributed by atoms with Gasteiger partial charge in [0.05, 0.1) is 16.6 Å². The molecule has 0 atom stereocenters. The molecule has 2 N–H and O–H groups in total. The van der Waals surface area contributed by atoms with Crippen LogP contribution in [0.1, 0.15) is 21.9 Å². The minimum absolute atomic E-state index is 0. The molecule has 126 valence electrons. The molecule has 0 aromatic carbocycles. The molecular formula is C13H18N4O4S2. The maximum Gasteiger partial charge on any atom is 0.274 e. The van der Waals surface area contributed by atoms with Crippen LogP contribution in [0.15, 0.2) is 21.6 Å². The number of furan rings is 1. The Morgan fingerprint density at radius 1 is 1.52 bits per heavy atom. The topological polar surface area (TPSA) is 125 Å². The van der Waals surface area contributed by atoms with Gasteiger partial charge in [-0.3, -0.25) is 4.79 Å². The van der Waals surface area contributed by atoms with Crippen LogP contribution in [0.3, 0.4) is 0 Å². The number of nitrogens with one attached hydrogen (secondary N) is 2. The van der Waals surface area contributed by atoms with Crippen LogP contribution in [0.5, 0.6) is 0 Å². The fourth-order valence-corrected chi connectivity index (χ4v) is 3.66. The number of thiazole rings is 1. The number of hydrogen-bond donors (Lipinski definition) is 2. The number of nitriles is 1. The van der Waals surface area contributed by atoms with Crippen molar-refractivity contribution in [1.82, 2.24) is 9.71 Å². The first-order chi connectivity index (χ1) is 10.8. The molecule has 0 fully saturated rings. The fourth-order valence-electron chi connectivity index (χ4n) is 1.73. The maximum atomic E-state index is 12.0. The second kappa shape index (κ2) is 6.91. The first kappa shape index (κ1) is 17.1. The van der Waals surface area contributed by atoms with Gasteiger partial charge >= 0.3 is 0 Å². The molecule has 0 aliphatic heterocycles. The van der Waals surface area contributed by atoms with Gasteiger partial charge in [0.15, 0.2) is 5.13 Å². The minimum atomic E-state index is -3.80. The van der Waals surface area contributed by atoms with E-state index in [-0.39, 0.29) is 26.8 Å². The number of sulfonamides is 1. The Kier molecular flexibility index (Phi) is 5.15. The molecule has 0 spiro atoms. The van der Waals surface area contributed by atoms with Crippen molar-refractivity contribution in [1.29, 1.82) is 5.26 Å². The smallest absolute Gasteiger partial charge is 0.274 e. The lowest BCUT2D eigenvalue weighted by atomic mass is 10.3. The van der Waals surface area contributed by atoms with E-state index < -0.39 is 10.0 Å². The van der Waals surface area contributed by atoms with Crippen LogP contribution in [-0.2, 0) is 14.8 Å². The molecule has 8 nitrogen and oxygen atoms in total. The zero-order chi connectivity index (χ0) is 17.0. The van der Waals surface area contributed by atoms with Crippen molar-refractivity contribution in [3.63, 3.8) is 0 Å². The number of carbonyl (C=O) groups is 1. The highest BCUT2D eigenvalue weighted by atomic mass is 32.2. The molecule has 0 bridgehead atoms. The summed E-state index contributed by atoms with van der Waals surface area (Å²) in [5, 5.41) is 11.2. The van der Waals surface area contributed by atoms with E-state index in [0.717, 1.165) is 0 Å². The number of aryl methyl sites for hydroxylation is 1. The van der Waals surface area contributed by atoms with Gasteiger partial charge in [-0.25, -0.2) is 18.1 Å². The van der Waals surface area contributed by atoms with Gasteiger partial charge in [0.2, 0.25) is 11.0 Å². The second-order valence-corrected chi connectivity index (χ2v) is 7.24. The summed E-state index contributed by atoms with van der Waals surface area (Å²) >= 11 is 1.19. The second-order valence-electron chi connectivity index (χ2n) is 4.54. The van der Waals surface area contributed by atoms with E-state index >= 15 is 0 Å². The van der Waals surface area contributed by atoms with Gasteiger partial charge in [0.25, 0.3) is 10.0 Å². The van der Waals surface area contributed by atoms with Gasteiger partial charge < -0.3 is 9.73 Å². The Bertz CT molecular complexity index is 871. The number of anilines is 1. The SMILES string of the molecule is CC(=O)Nc1nc(C)c(-c2ccc(S(=O)(=O)NCCC#N)o2)s1.[HH].[HH]. The van der Waals surface area contributed by atoms with Crippen molar-refractivity contribution in [2.24, 2.45) is 0 Å². The standard InChI is InChI=1S/C13H14N4O4S2.2H2/c1-8-12(22-13(16-8)17-9(2)18)10-4-5-11(21-10)23(19,20)15-7-3-6-14;;/h4-5,15H,3,7H2,1-2H3,(H,16,17,18);2*1H. The molecule has 1 amide bonds. The number of nitrogens with zero attached hydrogens (tertiary/aromatic N) is 2. The Labute approximate surface area is 140 Å². The molecular weight excluding hydrogens is 340 g/mol. The Hall–Kier alpha value is -2.22. The predicted octanol–water partition coefficient (Wildman–Crippen LogP) is 2.35. The Balaban J connectivity index is 0.00000288. The number of aromatic nitrogens is 1. The van der Waals surface area contributed by atoms with Crippen LogP contribution in [-0.4, -0.2) is 25.9 Å². The first-order valence-electron chi connectivity index (χ1n) is 6.55. The molecule has 10 heteroatoms. The highest BCUT2D eigenvalue weighted by Gasteiger charge is 2.21. The fraction of sp³-hybridized carbons (Fsp3) is 0.308. The summed E-state index contributed by atoms with van der Waals surface area (Å²) < 4.78 is 31.7. The van der Waals surface area contributed by atoms with E-state index in [4.69, 9.17) is 9.68 Å². The van der Waals surface area contributed by atoms with Gasteiger partial charge in [-0.15, -0.1) is 0 Å². The molecule has 2 heterocycles. The average molecular weight is 358 g/mol. The molecule has 2 aromatic heterocycles. The highest BCUT2D eigenvalue weighted by molar-refractivity contribution is 7.89. The number of amides is 1. The monoisotopic (exact) mass is 358 g/mol. The van der Waals surface area contributed by atoms with E-state index in [1.54, 1.807) is 6.92 Å². The first-order valence-corrected chi connectivity index (χ1v) is 8.85. The van der Waals surface area contributed by atoms with E-state index in [1.165, 1.54) is 30.4 Å². The van der Waals surface area contributed by atoms with Gasteiger partial charge in [0, 0.05) is 22.7 Å². The molecule has 0 aliphatic carbocycles. The quantitative estimate of drug-likeness (QED) is 0.764. The van der Waals surface area contributed by atoms with Crippen molar-refractivity contribution in [3.8, 4) is 16.7 Å². The van der Waals surface area contributed by atoms with Gasteiger partial charge in [0.1, 0.15) is 5.76 Å². The molecule has 0 saturated carbocycles. The molecule has 23 heavy (non-hydrogen) atoms. The highest BCUT2D eigenvalue weighted by Crippen LogP contribution is 2.34. The normalized spacial score (nSPS) is 11.2. The van der Waals surface area contributed by atoms with Crippen LogP contribution in [0.4, 0.5) is 5.13 Å². The molecule has 0 unspecified atom stereocenters. The molecule has 2 aromatic rings. The molecule has 0 aliphatic rings. The summed E-state index contributed by atoms with van der Waals surface area (Å²) in [6.07, 6.45) is 0.0703. The summed E-state index contributed by atoms with van der Waals surface area (Å²) in [6.45, 7) is 3.13. The zero-order valence-corrected chi connectivity index (χ0v) is 14.0. The summed E-state index contributed by atoms with van der Waals surface area (Å²) in [7, 11) is -3.80. The van der Waals surface area contributed by atoms with E-state index in [0.29, 0.717) is 21.5 Å². The summed E-state index contributed by atoms with van der Waals surface area (Å²) in [4.78, 5) is 15.9. The Morgan fingerprint density at radius 2 is 2.26 bits per heavy atom. The lowest BCUT2D eigenvalue weighted by Crippen LogP contribution is -2.24. The molecule has 0 saturated heterocycles. The Morgan fingerprint density at radius 3 is 2.91 bits per heavy atom.